The smallest absolute Gasteiger partial charge is 0.222 e. The Bertz CT molecular complexity index is 908. The number of aryl methyl sites for hydroxylation is 3. The van der Waals surface area contributed by atoms with Crippen LogP contribution in [0.1, 0.15) is 49.2 Å². The summed E-state index contributed by atoms with van der Waals surface area (Å²) in [4.78, 5) is 23.0. The van der Waals surface area contributed by atoms with Gasteiger partial charge < -0.3 is 9.88 Å². The highest BCUT2D eigenvalue weighted by molar-refractivity contribution is 5.77. The highest BCUT2D eigenvalue weighted by Gasteiger charge is 2.26. The second-order valence-corrected chi connectivity index (χ2v) is 7.41. The van der Waals surface area contributed by atoms with E-state index in [0.717, 1.165) is 61.4 Å². The number of piperidine rings is 1. The molecule has 1 aliphatic rings. The topological polar surface area (TPSA) is 66.8 Å². The van der Waals surface area contributed by atoms with Crippen LogP contribution in [-0.2, 0) is 17.8 Å². The Balaban J connectivity index is 1.39. The summed E-state index contributed by atoms with van der Waals surface area (Å²) in [5, 5.41) is 4.47. The van der Waals surface area contributed by atoms with Crippen LogP contribution in [0.4, 0.5) is 0 Å². The monoisotopic (exact) mass is 365 g/mol. The molecule has 142 valence electrons. The van der Waals surface area contributed by atoms with E-state index in [1.165, 1.54) is 5.56 Å². The summed E-state index contributed by atoms with van der Waals surface area (Å²) in [7, 11) is 0. The second-order valence-electron chi connectivity index (χ2n) is 7.41. The standard InChI is InChI=1S/C21H27N5O/c1-3-26-14-16(15(2)24-26)10-11-20(27)25-12-6-7-17(13-25)21-22-18-8-4-5-9-19(18)23-21/h4-5,8-9,14,17H,3,6-7,10-13H2,1-2H3,(H,22,23). The summed E-state index contributed by atoms with van der Waals surface area (Å²) in [6.45, 7) is 6.56. The Morgan fingerprint density at radius 3 is 2.96 bits per heavy atom. The van der Waals surface area contributed by atoms with Crippen molar-refractivity contribution in [2.45, 2.75) is 52.0 Å². The van der Waals surface area contributed by atoms with Crippen LogP contribution in [0.25, 0.3) is 11.0 Å². The third-order valence-corrected chi connectivity index (χ3v) is 5.55. The normalized spacial score (nSPS) is 17.6. The molecule has 3 heterocycles. The van der Waals surface area contributed by atoms with Crippen molar-refractivity contribution >= 4 is 16.9 Å². The predicted molar refractivity (Wildman–Crippen MR) is 106 cm³/mol. The molecule has 27 heavy (non-hydrogen) atoms. The lowest BCUT2D eigenvalue weighted by molar-refractivity contribution is -0.132. The van der Waals surface area contributed by atoms with Crippen LogP contribution in [0.15, 0.2) is 30.5 Å². The van der Waals surface area contributed by atoms with Crippen LogP contribution in [0, 0.1) is 6.92 Å². The van der Waals surface area contributed by atoms with Gasteiger partial charge in [-0.15, -0.1) is 0 Å². The zero-order chi connectivity index (χ0) is 18.8. The average Bonchev–Trinajstić information content (AvgIpc) is 3.29. The van der Waals surface area contributed by atoms with Gasteiger partial charge in [-0.2, -0.15) is 5.10 Å². The van der Waals surface area contributed by atoms with Crippen molar-refractivity contribution < 1.29 is 4.79 Å². The van der Waals surface area contributed by atoms with Crippen molar-refractivity contribution in [3.05, 3.63) is 47.5 Å². The molecule has 1 atom stereocenters. The maximum atomic E-state index is 12.8. The Morgan fingerprint density at radius 1 is 1.33 bits per heavy atom. The third-order valence-electron chi connectivity index (χ3n) is 5.55. The summed E-state index contributed by atoms with van der Waals surface area (Å²) in [6, 6.07) is 8.10. The van der Waals surface area contributed by atoms with Crippen molar-refractivity contribution in [1.29, 1.82) is 0 Å². The molecule has 1 aromatic carbocycles. The third kappa shape index (κ3) is 3.75. The van der Waals surface area contributed by atoms with Gasteiger partial charge in [0.05, 0.1) is 16.7 Å². The van der Waals surface area contributed by atoms with E-state index < -0.39 is 0 Å². The van der Waals surface area contributed by atoms with Crippen LogP contribution in [-0.4, -0.2) is 43.6 Å². The molecule has 1 aliphatic heterocycles. The average molecular weight is 365 g/mol. The van der Waals surface area contributed by atoms with Gasteiger partial charge in [0.15, 0.2) is 0 Å². The molecule has 6 heteroatoms. The molecule has 0 radical (unpaired) electrons. The number of hydrogen-bond acceptors (Lipinski definition) is 3. The van der Waals surface area contributed by atoms with Crippen LogP contribution < -0.4 is 0 Å². The number of likely N-dealkylation sites (tertiary alicyclic amines) is 1. The number of nitrogens with one attached hydrogen (secondary N) is 1. The molecule has 1 saturated heterocycles. The molecule has 0 bridgehead atoms. The number of fused-ring (bicyclic) bond motifs is 1. The van der Waals surface area contributed by atoms with Crippen molar-refractivity contribution in [2.75, 3.05) is 13.1 Å². The maximum Gasteiger partial charge on any atom is 0.222 e. The summed E-state index contributed by atoms with van der Waals surface area (Å²) >= 11 is 0. The molecule has 1 unspecified atom stereocenters. The fourth-order valence-corrected chi connectivity index (χ4v) is 3.96. The number of amides is 1. The zero-order valence-electron chi connectivity index (χ0n) is 16.1. The van der Waals surface area contributed by atoms with E-state index in [1.807, 2.05) is 34.7 Å². The molecule has 3 aromatic rings. The first-order valence-corrected chi connectivity index (χ1v) is 9.89. The van der Waals surface area contributed by atoms with E-state index in [4.69, 9.17) is 4.98 Å². The molecule has 4 rings (SSSR count). The van der Waals surface area contributed by atoms with Crippen LogP contribution in [0.5, 0.6) is 0 Å². The molecule has 1 amide bonds. The summed E-state index contributed by atoms with van der Waals surface area (Å²) in [5.41, 5.74) is 4.28. The van der Waals surface area contributed by atoms with Gasteiger partial charge in [0.2, 0.25) is 5.91 Å². The van der Waals surface area contributed by atoms with Gasteiger partial charge in [-0.1, -0.05) is 12.1 Å². The Labute approximate surface area is 159 Å². The number of imidazole rings is 1. The fraction of sp³-hybridized carbons (Fsp3) is 0.476. The fourth-order valence-electron chi connectivity index (χ4n) is 3.96. The largest absolute Gasteiger partial charge is 0.342 e. The molecule has 1 N–H and O–H groups in total. The number of para-hydroxylation sites is 2. The van der Waals surface area contributed by atoms with Gasteiger partial charge in [-0.3, -0.25) is 9.48 Å². The van der Waals surface area contributed by atoms with E-state index in [2.05, 4.69) is 29.3 Å². The summed E-state index contributed by atoms with van der Waals surface area (Å²) in [5.74, 6) is 1.54. The number of carbonyl (C=O) groups is 1. The zero-order valence-corrected chi connectivity index (χ0v) is 16.1. The minimum Gasteiger partial charge on any atom is -0.342 e. The number of benzene rings is 1. The van der Waals surface area contributed by atoms with E-state index >= 15 is 0 Å². The SMILES string of the molecule is CCn1cc(CCC(=O)N2CCCC(c3nc4ccccc4[nH]3)C2)c(C)n1. The highest BCUT2D eigenvalue weighted by Crippen LogP contribution is 2.27. The lowest BCUT2D eigenvalue weighted by atomic mass is 9.97. The van der Waals surface area contributed by atoms with E-state index in [0.29, 0.717) is 12.3 Å². The summed E-state index contributed by atoms with van der Waals surface area (Å²) < 4.78 is 1.94. The molecule has 1 fully saturated rings. The number of rotatable bonds is 5. The first-order valence-electron chi connectivity index (χ1n) is 9.89. The summed E-state index contributed by atoms with van der Waals surface area (Å²) in [6.07, 6.45) is 5.47. The Morgan fingerprint density at radius 2 is 2.19 bits per heavy atom. The second kappa shape index (κ2) is 7.55. The molecule has 0 saturated carbocycles. The van der Waals surface area contributed by atoms with Gasteiger partial charge in [0, 0.05) is 38.2 Å². The number of aromatic nitrogens is 4. The molecular formula is C21H27N5O. The van der Waals surface area contributed by atoms with Gasteiger partial charge in [-0.25, -0.2) is 4.98 Å². The van der Waals surface area contributed by atoms with Gasteiger partial charge in [-0.05, 0) is 50.8 Å². The van der Waals surface area contributed by atoms with Gasteiger partial charge >= 0.3 is 0 Å². The number of nitrogens with zero attached hydrogens (tertiary/aromatic N) is 4. The first kappa shape index (κ1) is 17.8. The van der Waals surface area contributed by atoms with Crippen molar-refractivity contribution in [2.24, 2.45) is 0 Å². The predicted octanol–water partition coefficient (Wildman–Crippen LogP) is 3.43. The molecule has 6 nitrogen and oxygen atoms in total. The maximum absolute atomic E-state index is 12.8. The van der Waals surface area contributed by atoms with Crippen molar-refractivity contribution in [1.82, 2.24) is 24.6 Å². The van der Waals surface area contributed by atoms with Crippen LogP contribution >= 0.6 is 0 Å². The molecular weight excluding hydrogens is 338 g/mol. The lowest BCUT2D eigenvalue weighted by Gasteiger charge is -2.32. The number of hydrogen-bond donors (Lipinski definition) is 1. The molecule has 2 aromatic heterocycles. The quantitative estimate of drug-likeness (QED) is 0.753. The molecule has 0 spiro atoms. The van der Waals surface area contributed by atoms with Crippen LogP contribution in [0.2, 0.25) is 0 Å². The highest BCUT2D eigenvalue weighted by atomic mass is 16.2. The lowest BCUT2D eigenvalue weighted by Crippen LogP contribution is -2.39. The minimum atomic E-state index is 0.236. The molecule has 0 aliphatic carbocycles. The van der Waals surface area contributed by atoms with Crippen LogP contribution in [0.3, 0.4) is 0 Å². The van der Waals surface area contributed by atoms with Crippen molar-refractivity contribution in [3.63, 3.8) is 0 Å². The Hall–Kier alpha value is -2.63. The van der Waals surface area contributed by atoms with Gasteiger partial charge in [0.25, 0.3) is 0 Å². The number of carbonyl (C=O) groups excluding carboxylic acids is 1. The number of aromatic amines is 1. The van der Waals surface area contributed by atoms with E-state index in [9.17, 15) is 4.79 Å². The van der Waals surface area contributed by atoms with E-state index in [1.54, 1.807) is 0 Å². The van der Waals surface area contributed by atoms with E-state index in [-0.39, 0.29) is 5.91 Å². The number of H-pyrrole nitrogens is 1. The van der Waals surface area contributed by atoms with Gasteiger partial charge in [0.1, 0.15) is 5.82 Å². The minimum absolute atomic E-state index is 0.236. The first-order chi connectivity index (χ1) is 13.1. The Kier molecular flexibility index (Phi) is 4.97. The van der Waals surface area contributed by atoms with Crippen molar-refractivity contribution in [3.8, 4) is 0 Å².